The number of nitrogens with one attached hydrogen (secondary N) is 1. The Morgan fingerprint density at radius 3 is 2.90 bits per heavy atom. The maximum absolute atomic E-state index is 12.8. The van der Waals surface area contributed by atoms with Crippen molar-refractivity contribution in [3.8, 4) is 0 Å². The summed E-state index contributed by atoms with van der Waals surface area (Å²) in [5.74, 6) is 0.218. The minimum atomic E-state index is -0.494. The summed E-state index contributed by atoms with van der Waals surface area (Å²) >= 11 is 0. The Hall–Kier alpha value is -1.99. The van der Waals surface area contributed by atoms with Crippen LogP contribution in [0.15, 0.2) is 28.8 Å². The van der Waals surface area contributed by atoms with Gasteiger partial charge in [-0.3, -0.25) is 0 Å². The SMILES string of the molecule is O[C@@H]1CCOC[C@H]1Nc1nc(Cc2ccc(F)cc2)no1. The van der Waals surface area contributed by atoms with Crippen LogP contribution in [0.5, 0.6) is 0 Å². The van der Waals surface area contributed by atoms with Crippen LogP contribution >= 0.6 is 0 Å². The highest BCUT2D eigenvalue weighted by Gasteiger charge is 2.25. The van der Waals surface area contributed by atoms with Gasteiger partial charge in [0.1, 0.15) is 5.82 Å². The molecule has 0 radical (unpaired) electrons. The molecule has 1 saturated heterocycles. The largest absolute Gasteiger partial charge is 0.391 e. The Morgan fingerprint density at radius 2 is 2.14 bits per heavy atom. The van der Waals surface area contributed by atoms with Crippen LogP contribution in [-0.2, 0) is 11.2 Å². The van der Waals surface area contributed by atoms with Crippen LogP contribution < -0.4 is 5.32 Å². The van der Waals surface area contributed by atoms with Crippen LogP contribution in [-0.4, -0.2) is 40.6 Å². The highest BCUT2D eigenvalue weighted by atomic mass is 19.1. The van der Waals surface area contributed by atoms with Gasteiger partial charge in [0.25, 0.3) is 0 Å². The van der Waals surface area contributed by atoms with Gasteiger partial charge in [-0.1, -0.05) is 17.3 Å². The fraction of sp³-hybridized carbons (Fsp3) is 0.429. The summed E-state index contributed by atoms with van der Waals surface area (Å²) in [5, 5.41) is 16.7. The molecule has 3 rings (SSSR count). The second kappa shape index (κ2) is 6.19. The van der Waals surface area contributed by atoms with E-state index in [1.807, 2.05) is 0 Å². The highest BCUT2D eigenvalue weighted by molar-refractivity contribution is 5.25. The minimum absolute atomic E-state index is 0.252. The van der Waals surface area contributed by atoms with Crippen molar-refractivity contribution in [2.24, 2.45) is 0 Å². The first-order valence-corrected chi connectivity index (χ1v) is 6.80. The highest BCUT2D eigenvalue weighted by Crippen LogP contribution is 2.15. The van der Waals surface area contributed by atoms with Gasteiger partial charge in [-0.25, -0.2) is 4.39 Å². The van der Waals surface area contributed by atoms with Gasteiger partial charge in [0.15, 0.2) is 5.82 Å². The second-order valence-corrected chi connectivity index (χ2v) is 5.00. The summed E-state index contributed by atoms with van der Waals surface area (Å²) in [4.78, 5) is 4.21. The molecule has 0 amide bonds. The molecule has 1 fully saturated rings. The summed E-state index contributed by atoms with van der Waals surface area (Å²) in [5.41, 5.74) is 0.893. The van der Waals surface area contributed by atoms with Crippen molar-refractivity contribution in [3.05, 3.63) is 41.5 Å². The third kappa shape index (κ3) is 3.56. The Kier molecular flexibility index (Phi) is 4.12. The lowest BCUT2D eigenvalue weighted by atomic mass is 10.1. The van der Waals surface area contributed by atoms with Gasteiger partial charge in [0.2, 0.25) is 0 Å². The molecule has 6 nitrogen and oxygen atoms in total. The molecule has 1 aromatic carbocycles. The monoisotopic (exact) mass is 293 g/mol. The lowest BCUT2D eigenvalue weighted by molar-refractivity contribution is 0.00235. The molecule has 7 heteroatoms. The number of anilines is 1. The van der Waals surface area contributed by atoms with Gasteiger partial charge in [0, 0.05) is 13.0 Å². The van der Waals surface area contributed by atoms with Crippen molar-refractivity contribution in [1.82, 2.24) is 10.1 Å². The summed E-state index contributed by atoms with van der Waals surface area (Å²) in [6.45, 7) is 0.954. The Balaban J connectivity index is 1.61. The number of hydrogen-bond donors (Lipinski definition) is 2. The first-order valence-electron chi connectivity index (χ1n) is 6.80. The number of nitrogens with zero attached hydrogens (tertiary/aromatic N) is 2. The van der Waals surface area contributed by atoms with E-state index in [1.54, 1.807) is 12.1 Å². The van der Waals surface area contributed by atoms with Gasteiger partial charge in [-0.05, 0) is 24.1 Å². The van der Waals surface area contributed by atoms with Crippen molar-refractivity contribution in [1.29, 1.82) is 0 Å². The zero-order chi connectivity index (χ0) is 14.7. The molecule has 0 aliphatic carbocycles. The molecule has 0 bridgehead atoms. The van der Waals surface area contributed by atoms with Crippen molar-refractivity contribution >= 4 is 6.01 Å². The zero-order valence-corrected chi connectivity index (χ0v) is 11.3. The van der Waals surface area contributed by atoms with Crippen molar-refractivity contribution in [2.45, 2.75) is 25.0 Å². The van der Waals surface area contributed by atoms with Crippen LogP contribution in [0.3, 0.4) is 0 Å². The molecule has 2 aromatic rings. The third-order valence-corrected chi connectivity index (χ3v) is 3.37. The van der Waals surface area contributed by atoms with Crippen LogP contribution in [0.25, 0.3) is 0 Å². The number of halogens is 1. The van der Waals surface area contributed by atoms with Crippen molar-refractivity contribution in [2.75, 3.05) is 18.5 Å². The van der Waals surface area contributed by atoms with E-state index in [1.165, 1.54) is 12.1 Å². The normalized spacial score (nSPS) is 22.2. The molecule has 0 unspecified atom stereocenters. The number of aliphatic hydroxyl groups is 1. The van der Waals surface area contributed by atoms with Crippen molar-refractivity contribution in [3.63, 3.8) is 0 Å². The van der Waals surface area contributed by atoms with E-state index >= 15 is 0 Å². The number of benzene rings is 1. The summed E-state index contributed by atoms with van der Waals surface area (Å²) in [6, 6.07) is 6.14. The number of hydrogen-bond acceptors (Lipinski definition) is 6. The van der Waals surface area contributed by atoms with Crippen LogP contribution in [0.1, 0.15) is 17.8 Å². The van der Waals surface area contributed by atoms with Crippen molar-refractivity contribution < 1.29 is 18.8 Å². The molecule has 21 heavy (non-hydrogen) atoms. The molecule has 2 N–H and O–H groups in total. The molecule has 0 saturated carbocycles. The molecule has 1 aromatic heterocycles. The fourth-order valence-electron chi connectivity index (χ4n) is 2.19. The Labute approximate surface area is 120 Å². The number of aromatic nitrogens is 2. The van der Waals surface area contributed by atoms with E-state index in [9.17, 15) is 9.50 Å². The van der Waals surface area contributed by atoms with E-state index in [0.29, 0.717) is 31.9 Å². The van der Waals surface area contributed by atoms with Gasteiger partial charge in [-0.2, -0.15) is 4.98 Å². The molecular formula is C14H16FN3O3. The first kappa shape index (κ1) is 14.0. The first-order chi connectivity index (χ1) is 10.2. The number of aliphatic hydroxyl groups excluding tert-OH is 1. The molecule has 2 heterocycles. The molecule has 0 spiro atoms. The fourth-order valence-corrected chi connectivity index (χ4v) is 2.19. The zero-order valence-electron chi connectivity index (χ0n) is 11.3. The summed E-state index contributed by atoms with van der Waals surface area (Å²) in [6.07, 6.45) is 0.537. The van der Waals surface area contributed by atoms with Gasteiger partial charge in [0.05, 0.1) is 18.8 Å². The second-order valence-electron chi connectivity index (χ2n) is 5.00. The van der Waals surface area contributed by atoms with Gasteiger partial charge in [-0.15, -0.1) is 0 Å². The lowest BCUT2D eigenvalue weighted by Crippen LogP contribution is -2.42. The number of rotatable bonds is 4. The lowest BCUT2D eigenvalue weighted by Gasteiger charge is -2.27. The maximum atomic E-state index is 12.8. The standard InChI is InChI=1S/C14H16FN3O3/c15-10-3-1-9(2-4-10)7-13-17-14(21-18-13)16-11-8-20-6-5-12(11)19/h1-4,11-12,19H,5-8H2,(H,16,17,18)/t11-,12-/m1/s1. The smallest absolute Gasteiger partial charge is 0.321 e. The van der Waals surface area contributed by atoms with E-state index in [-0.39, 0.29) is 17.9 Å². The van der Waals surface area contributed by atoms with E-state index in [2.05, 4.69) is 15.5 Å². The van der Waals surface area contributed by atoms with E-state index in [0.717, 1.165) is 5.56 Å². The summed E-state index contributed by atoms with van der Waals surface area (Å²) < 4.78 is 23.2. The van der Waals surface area contributed by atoms with Crippen LogP contribution in [0.4, 0.5) is 10.4 Å². The molecule has 112 valence electrons. The van der Waals surface area contributed by atoms with Crippen LogP contribution in [0, 0.1) is 5.82 Å². The van der Waals surface area contributed by atoms with Crippen LogP contribution in [0.2, 0.25) is 0 Å². The molecular weight excluding hydrogens is 277 g/mol. The average Bonchev–Trinajstić information content (AvgIpc) is 2.91. The topological polar surface area (TPSA) is 80.4 Å². The molecule has 1 aliphatic rings. The predicted octanol–water partition coefficient (Wildman–Crippen LogP) is 1.36. The summed E-state index contributed by atoms with van der Waals surface area (Å²) in [7, 11) is 0. The van der Waals surface area contributed by atoms with E-state index in [4.69, 9.17) is 9.26 Å². The quantitative estimate of drug-likeness (QED) is 0.886. The molecule has 1 aliphatic heterocycles. The molecule has 2 atom stereocenters. The Bertz CT molecular complexity index is 587. The van der Waals surface area contributed by atoms with E-state index < -0.39 is 6.10 Å². The minimum Gasteiger partial charge on any atom is -0.391 e. The third-order valence-electron chi connectivity index (χ3n) is 3.37. The average molecular weight is 293 g/mol. The number of ether oxygens (including phenoxy) is 1. The van der Waals surface area contributed by atoms with Gasteiger partial charge < -0.3 is 19.7 Å². The van der Waals surface area contributed by atoms with Gasteiger partial charge >= 0.3 is 6.01 Å². The Morgan fingerprint density at radius 1 is 1.33 bits per heavy atom. The maximum Gasteiger partial charge on any atom is 0.321 e. The predicted molar refractivity (Wildman–Crippen MR) is 72.4 cm³/mol.